The number of nitrogens with one attached hydrogen (secondary N) is 1. The number of rotatable bonds is 5. The number of sulfone groups is 1. The maximum absolute atomic E-state index is 10.8. The molecular formula is C6H12NO3S. The Bertz CT molecular complexity index is 220. The molecule has 0 saturated carbocycles. The van der Waals surface area contributed by atoms with Crippen molar-refractivity contribution in [2.75, 3.05) is 11.5 Å². The zero-order valence-electron chi connectivity index (χ0n) is 6.46. The quantitative estimate of drug-likeness (QED) is 0.595. The van der Waals surface area contributed by atoms with E-state index in [1.165, 1.54) is 0 Å². The largest absolute Gasteiger partial charge is 0.273 e. The predicted octanol–water partition coefficient (Wildman–Crippen LogP) is 0.0108. The van der Waals surface area contributed by atoms with E-state index in [2.05, 4.69) is 0 Å². The molecule has 0 fully saturated rings. The predicted molar refractivity (Wildman–Crippen MR) is 41.7 cm³/mol. The Morgan fingerprint density at radius 2 is 2.00 bits per heavy atom. The fourth-order valence-electron chi connectivity index (χ4n) is 0.597. The van der Waals surface area contributed by atoms with Crippen LogP contribution in [-0.2, 0) is 14.6 Å². The van der Waals surface area contributed by atoms with Crippen molar-refractivity contribution in [1.29, 1.82) is 0 Å². The molecule has 0 saturated heterocycles. The molecule has 0 aromatic rings. The van der Waals surface area contributed by atoms with Gasteiger partial charge in [0.25, 0.3) is 0 Å². The molecule has 11 heavy (non-hydrogen) atoms. The van der Waals surface area contributed by atoms with Gasteiger partial charge in [-0.3, -0.25) is 10.5 Å². The van der Waals surface area contributed by atoms with Crippen molar-refractivity contribution >= 4 is 15.7 Å². The van der Waals surface area contributed by atoms with Gasteiger partial charge in [-0.1, -0.05) is 6.92 Å². The lowest BCUT2D eigenvalue weighted by Gasteiger charge is -1.97. The van der Waals surface area contributed by atoms with Crippen LogP contribution < -0.4 is 5.73 Å². The molecule has 5 heteroatoms. The molecule has 1 radical (unpaired) electrons. The second-order valence-corrected chi connectivity index (χ2v) is 4.74. The minimum atomic E-state index is -2.95. The maximum atomic E-state index is 10.8. The highest BCUT2D eigenvalue weighted by molar-refractivity contribution is 7.91. The third-order valence-corrected chi connectivity index (χ3v) is 3.09. The first kappa shape index (κ1) is 10.4. The molecule has 65 valence electrons. The highest BCUT2D eigenvalue weighted by atomic mass is 32.2. The molecule has 0 aliphatic carbocycles. The summed E-state index contributed by atoms with van der Waals surface area (Å²) in [4.78, 5) is 10.1. The Balaban J connectivity index is 3.63. The van der Waals surface area contributed by atoms with Gasteiger partial charge < -0.3 is 0 Å². The number of carbonyl (C=O) groups is 1. The van der Waals surface area contributed by atoms with E-state index in [0.29, 0.717) is 0 Å². The third kappa shape index (κ3) is 5.84. The van der Waals surface area contributed by atoms with Crippen LogP contribution in [0.5, 0.6) is 0 Å². The number of hydrogen-bond acceptors (Lipinski definition) is 3. The van der Waals surface area contributed by atoms with Gasteiger partial charge in [0.15, 0.2) is 0 Å². The van der Waals surface area contributed by atoms with Gasteiger partial charge in [0, 0.05) is 12.2 Å². The van der Waals surface area contributed by atoms with Crippen LogP contribution in [0.1, 0.15) is 19.8 Å². The molecule has 0 aliphatic heterocycles. The highest BCUT2D eigenvalue weighted by Gasteiger charge is 2.07. The average Bonchev–Trinajstić information content (AvgIpc) is 1.87. The third-order valence-electron chi connectivity index (χ3n) is 1.30. The Labute approximate surface area is 66.7 Å². The lowest BCUT2D eigenvalue weighted by molar-refractivity contribution is -0.118. The van der Waals surface area contributed by atoms with Crippen molar-refractivity contribution in [2.45, 2.75) is 19.8 Å². The van der Waals surface area contributed by atoms with Crippen LogP contribution in [0.2, 0.25) is 0 Å². The first-order valence-electron chi connectivity index (χ1n) is 3.43. The van der Waals surface area contributed by atoms with E-state index in [0.717, 1.165) is 0 Å². The summed E-state index contributed by atoms with van der Waals surface area (Å²) in [5, 5.41) is 0. The van der Waals surface area contributed by atoms with E-state index in [-0.39, 0.29) is 24.3 Å². The monoisotopic (exact) mass is 178 g/mol. The SMILES string of the molecule is CCS(=O)(=O)CCCC([NH])=O. The summed E-state index contributed by atoms with van der Waals surface area (Å²) in [5.41, 5.74) is 6.51. The number of hydrogen-bond donors (Lipinski definition) is 0. The van der Waals surface area contributed by atoms with Gasteiger partial charge in [-0.15, -0.1) is 0 Å². The summed E-state index contributed by atoms with van der Waals surface area (Å²) < 4.78 is 21.6. The second-order valence-electron chi connectivity index (χ2n) is 2.26. The van der Waals surface area contributed by atoms with E-state index in [1.54, 1.807) is 6.92 Å². The summed E-state index contributed by atoms with van der Waals surface area (Å²) in [7, 11) is -2.95. The molecule has 0 spiro atoms. The summed E-state index contributed by atoms with van der Waals surface area (Å²) in [6.45, 7) is 1.57. The summed E-state index contributed by atoms with van der Waals surface area (Å²) in [6, 6.07) is 0. The fourth-order valence-corrected chi connectivity index (χ4v) is 1.47. The molecule has 0 aliphatic rings. The molecular weight excluding hydrogens is 166 g/mol. The molecule has 0 aromatic carbocycles. The lowest BCUT2D eigenvalue weighted by atomic mass is 10.3. The molecule has 0 unspecified atom stereocenters. The summed E-state index contributed by atoms with van der Waals surface area (Å²) >= 11 is 0. The van der Waals surface area contributed by atoms with Crippen LogP contribution in [0.3, 0.4) is 0 Å². The van der Waals surface area contributed by atoms with Crippen molar-refractivity contribution in [3.8, 4) is 0 Å². The van der Waals surface area contributed by atoms with Gasteiger partial charge >= 0.3 is 0 Å². The van der Waals surface area contributed by atoms with Crippen LogP contribution in [0.15, 0.2) is 0 Å². The molecule has 0 heterocycles. The van der Waals surface area contributed by atoms with Crippen LogP contribution in [-0.4, -0.2) is 25.8 Å². The van der Waals surface area contributed by atoms with E-state index in [1.807, 2.05) is 0 Å². The van der Waals surface area contributed by atoms with Gasteiger partial charge in [-0.05, 0) is 6.42 Å². The Hall–Kier alpha value is -0.580. The smallest absolute Gasteiger partial charge is 0.238 e. The molecule has 4 nitrogen and oxygen atoms in total. The van der Waals surface area contributed by atoms with E-state index in [4.69, 9.17) is 5.73 Å². The van der Waals surface area contributed by atoms with E-state index in [9.17, 15) is 13.2 Å². The van der Waals surface area contributed by atoms with Crippen LogP contribution >= 0.6 is 0 Å². The molecule has 0 rings (SSSR count). The summed E-state index contributed by atoms with van der Waals surface area (Å²) in [5.74, 6) is -0.566. The fraction of sp³-hybridized carbons (Fsp3) is 0.833. The van der Waals surface area contributed by atoms with Gasteiger partial charge in [-0.25, -0.2) is 8.42 Å². The van der Waals surface area contributed by atoms with Crippen LogP contribution in [0.25, 0.3) is 0 Å². The Kier molecular flexibility index (Phi) is 4.10. The molecule has 0 atom stereocenters. The molecule has 1 amide bonds. The highest BCUT2D eigenvalue weighted by Crippen LogP contribution is 1.96. The summed E-state index contributed by atoms with van der Waals surface area (Å²) in [6.07, 6.45) is 0.317. The van der Waals surface area contributed by atoms with Crippen LogP contribution in [0, 0.1) is 0 Å². The van der Waals surface area contributed by atoms with E-state index < -0.39 is 15.7 Å². The van der Waals surface area contributed by atoms with Crippen molar-refractivity contribution in [2.24, 2.45) is 0 Å². The average molecular weight is 178 g/mol. The van der Waals surface area contributed by atoms with Crippen molar-refractivity contribution in [3.63, 3.8) is 0 Å². The van der Waals surface area contributed by atoms with Gasteiger partial charge in [0.2, 0.25) is 5.91 Å². The minimum Gasteiger partial charge on any atom is -0.273 e. The van der Waals surface area contributed by atoms with Crippen LogP contribution in [0.4, 0.5) is 0 Å². The first-order valence-corrected chi connectivity index (χ1v) is 5.25. The van der Waals surface area contributed by atoms with Crippen molar-refractivity contribution in [1.82, 2.24) is 5.73 Å². The normalized spacial score (nSPS) is 11.4. The zero-order chi connectivity index (χ0) is 8.91. The van der Waals surface area contributed by atoms with Crippen molar-refractivity contribution < 1.29 is 13.2 Å². The molecule has 1 N–H and O–H groups in total. The minimum absolute atomic E-state index is 0.0219. The first-order chi connectivity index (χ1) is 4.98. The maximum Gasteiger partial charge on any atom is 0.238 e. The number of amides is 1. The van der Waals surface area contributed by atoms with Crippen molar-refractivity contribution in [3.05, 3.63) is 0 Å². The van der Waals surface area contributed by atoms with E-state index >= 15 is 0 Å². The standard InChI is InChI=1S/C6H12NO3S/c1-2-11(9,10)5-3-4-6(7)8/h7H,2-5H2,1H3. The number of carbonyl (C=O) groups excluding carboxylic acids is 1. The van der Waals surface area contributed by atoms with Gasteiger partial charge in [0.05, 0.1) is 5.75 Å². The second kappa shape index (κ2) is 4.33. The van der Waals surface area contributed by atoms with Gasteiger partial charge in [-0.2, -0.15) is 0 Å². The van der Waals surface area contributed by atoms with Gasteiger partial charge in [0.1, 0.15) is 9.84 Å². The topological polar surface area (TPSA) is 75.0 Å². The molecule has 0 aromatic heterocycles. The zero-order valence-corrected chi connectivity index (χ0v) is 7.28. The lowest BCUT2D eigenvalue weighted by Crippen LogP contribution is -2.10. The Morgan fingerprint density at radius 1 is 1.45 bits per heavy atom. The Morgan fingerprint density at radius 3 is 2.36 bits per heavy atom. The molecule has 0 bridgehead atoms.